The molecule has 0 aliphatic heterocycles. The summed E-state index contributed by atoms with van der Waals surface area (Å²) < 4.78 is 1.79. The van der Waals surface area contributed by atoms with E-state index in [-0.39, 0.29) is 5.41 Å². The second-order valence-electron chi connectivity index (χ2n) is 6.31. The van der Waals surface area contributed by atoms with Gasteiger partial charge in [-0.1, -0.05) is 56.6 Å². The highest BCUT2D eigenvalue weighted by Gasteiger charge is 2.14. The largest absolute Gasteiger partial charge is 0.305 e. The summed E-state index contributed by atoms with van der Waals surface area (Å²) in [5.74, 6) is 0. The van der Waals surface area contributed by atoms with Crippen LogP contribution in [0.5, 0.6) is 0 Å². The molecule has 0 fully saturated rings. The minimum Gasteiger partial charge on any atom is -0.305 e. The minimum atomic E-state index is 0.204. The van der Waals surface area contributed by atoms with E-state index in [1.54, 1.807) is 11.3 Å². The molecule has 0 saturated carbocycles. The Morgan fingerprint density at radius 3 is 2.33 bits per heavy atom. The van der Waals surface area contributed by atoms with Gasteiger partial charge >= 0.3 is 0 Å². The van der Waals surface area contributed by atoms with Crippen LogP contribution in [0.15, 0.2) is 34.8 Å². The summed E-state index contributed by atoms with van der Waals surface area (Å²) in [4.78, 5) is 1.24. The van der Waals surface area contributed by atoms with Crippen molar-refractivity contribution in [3.63, 3.8) is 0 Å². The van der Waals surface area contributed by atoms with E-state index in [1.807, 2.05) is 0 Å². The third kappa shape index (κ3) is 4.56. The number of nitrogens with one attached hydrogen (secondary N) is 1. The molecule has 4 heteroatoms. The van der Waals surface area contributed by atoms with Crippen LogP contribution < -0.4 is 5.32 Å². The monoisotopic (exact) mass is 385 g/mol. The number of hydrogen-bond acceptors (Lipinski definition) is 2. The highest BCUT2D eigenvalue weighted by molar-refractivity contribution is 9.10. The highest BCUT2D eigenvalue weighted by atomic mass is 79.9. The van der Waals surface area contributed by atoms with E-state index < -0.39 is 0 Å². The first-order chi connectivity index (χ1) is 9.77. The van der Waals surface area contributed by atoms with Crippen LogP contribution in [0.2, 0.25) is 4.34 Å². The van der Waals surface area contributed by atoms with Crippen molar-refractivity contribution < 1.29 is 0 Å². The zero-order valence-corrected chi connectivity index (χ0v) is 16.0. The summed E-state index contributed by atoms with van der Waals surface area (Å²) in [6.07, 6.45) is 0. The van der Waals surface area contributed by atoms with Gasteiger partial charge in [0.1, 0.15) is 4.34 Å². The minimum absolute atomic E-state index is 0.204. The van der Waals surface area contributed by atoms with Gasteiger partial charge in [-0.15, -0.1) is 11.3 Å². The normalized spacial score (nSPS) is 13.4. The Balaban J connectivity index is 1.98. The molecule has 0 spiro atoms. The summed E-state index contributed by atoms with van der Waals surface area (Å²) in [6, 6.07) is 11.3. The van der Waals surface area contributed by atoms with Gasteiger partial charge in [-0.2, -0.15) is 0 Å². The van der Waals surface area contributed by atoms with Crippen LogP contribution in [-0.4, -0.2) is 0 Å². The fourth-order valence-electron chi connectivity index (χ4n) is 2.12. The van der Waals surface area contributed by atoms with E-state index in [4.69, 9.17) is 11.6 Å². The Morgan fingerprint density at radius 1 is 1.24 bits per heavy atom. The maximum Gasteiger partial charge on any atom is 0.107 e. The van der Waals surface area contributed by atoms with Gasteiger partial charge in [-0.05, 0) is 45.5 Å². The van der Waals surface area contributed by atoms with Crippen LogP contribution >= 0.6 is 38.9 Å². The van der Waals surface area contributed by atoms with Crippen LogP contribution in [-0.2, 0) is 12.0 Å². The summed E-state index contributed by atoms with van der Waals surface area (Å²) in [7, 11) is 0. The zero-order chi connectivity index (χ0) is 15.6. The molecule has 1 atom stereocenters. The fraction of sp³-hybridized carbons (Fsp3) is 0.412. The van der Waals surface area contributed by atoms with E-state index in [0.29, 0.717) is 6.04 Å². The molecule has 1 aromatic carbocycles. The average Bonchev–Trinajstić information content (AvgIpc) is 2.74. The molecule has 1 unspecified atom stereocenters. The topological polar surface area (TPSA) is 12.0 Å². The van der Waals surface area contributed by atoms with E-state index in [0.717, 1.165) is 15.4 Å². The number of rotatable bonds is 4. The van der Waals surface area contributed by atoms with Crippen molar-refractivity contribution in [3.05, 3.63) is 55.1 Å². The Kier molecular flexibility index (Phi) is 5.53. The Morgan fingerprint density at radius 2 is 1.86 bits per heavy atom. The molecule has 0 radical (unpaired) electrons. The molecule has 0 saturated heterocycles. The van der Waals surface area contributed by atoms with Crippen molar-refractivity contribution in [1.29, 1.82) is 0 Å². The van der Waals surface area contributed by atoms with Gasteiger partial charge in [0.05, 0.1) is 0 Å². The molecule has 2 aromatic rings. The first kappa shape index (κ1) is 17.0. The van der Waals surface area contributed by atoms with Gasteiger partial charge in [0, 0.05) is 21.9 Å². The maximum atomic E-state index is 6.07. The SMILES string of the molecule is CC(NCc1cc(Br)c(Cl)s1)c1ccc(C(C)(C)C)cc1. The van der Waals surface area contributed by atoms with Gasteiger partial charge in [0.25, 0.3) is 0 Å². The third-order valence-corrected chi connectivity index (χ3v) is 6.03. The third-order valence-electron chi connectivity index (χ3n) is 3.56. The standard InChI is InChI=1S/C17H21BrClNS/c1-11(20-10-14-9-15(18)16(19)21-14)12-5-7-13(8-6-12)17(2,3)4/h5-9,11,20H,10H2,1-4H3. The maximum absolute atomic E-state index is 6.07. The number of halogens is 2. The molecule has 1 heterocycles. The smallest absolute Gasteiger partial charge is 0.107 e. The van der Waals surface area contributed by atoms with Crippen molar-refractivity contribution in [2.75, 3.05) is 0 Å². The first-order valence-corrected chi connectivity index (χ1v) is 9.03. The summed E-state index contributed by atoms with van der Waals surface area (Å²) in [5.41, 5.74) is 2.88. The molecule has 0 aliphatic carbocycles. The lowest BCUT2D eigenvalue weighted by atomic mass is 9.86. The number of thiophene rings is 1. The average molecular weight is 387 g/mol. The highest BCUT2D eigenvalue weighted by Crippen LogP contribution is 2.32. The predicted molar refractivity (Wildman–Crippen MR) is 97.4 cm³/mol. The van der Waals surface area contributed by atoms with Gasteiger partial charge in [0.2, 0.25) is 0 Å². The molecule has 1 N–H and O–H groups in total. The van der Waals surface area contributed by atoms with E-state index in [2.05, 4.69) is 79.3 Å². The summed E-state index contributed by atoms with van der Waals surface area (Å²) in [5, 5.41) is 3.54. The lowest BCUT2D eigenvalue weighted by Gasteiger charge is -2.20. The lowest BCUT2D eigenvalue weighted by molar-refractivity contribution is 0.572. The number of benzene rings is 1. The van der Waals surface area contributed by atoms with Crippen LogP contribution in [0.25, 0.3) is 0 Å². The molecule has 0 aliphatic rings. The number of hydrogen-bond donors (Lipinski definition) is 1. The van der Waals surface area contributed by atoms with E-state index in [9.17, 15) is 0 Å². The van der Waals surface area contributed by atoms with Gasteiger partial charge in [-0.3, -0.25) is 0 Å². The quantitative estimate of drug-likeness (QED) is 0.649. The predicted octanol–water partition coefficient (Wildman–Crippen LogP) is 6.31. The Labute approximate surface area is 144 Å². The van der Waals surface area contributed by atoms with Gasteiger partial charge in [-0.25, -0.2) is 0 Å². The first-order valence-electron chi connectivity index (χ1n) is 7.05. The molecule has 1 nitrogen and oxygen atoms in total. The van der Waals surface area contributed by atoms with Crippen LogP contribution in [0.1, 0.15) is 49.7 Å². The Hall–Kier alpha value is -0.350. The van der Waals surface area contributed by atoms with Crippen molar-refractivity contribution in [1.82, 2.24) is 5.32 Å². The zero-order valence-electron chi connectivity index (χ0n) is 12.8. The second-order valence-corrected chi connectivity index (χ2v) is 8.90. The Bertz CT molecular complexity index is 579. The molecule has 114 valence electrons. The fourth-order valence-corrected chi connectivity index (χ4v) is 3.86. The van der Waals surface area contributed by atoms with Crippen molar-refractivity contribution in [2.45, 2.75) is 45.7 Å². The molecule has 0 amide bonds. The van der Waals surface area contributed by atoms with Crippen LogP contribution in [0, 0.1) is 0 Å². The van der Waals surface area contributed by atoms with Crippen LogP contribution in [0.3, 0.4) is 0 Å². The summed E-state index contributed by atoms with van der Waals surface area (Å²) >= 11 is 11.1. The lowest BCUT2D eigenvalue weighted by Crippen LogP contribution is -2.18. The van der Waals surface area contributed by atoms with E-state index in [1.165, 1.54) is 16.0 Å². The van der Waals surface area contributed by atoms with Crippen molar-refractivity contribution in [3.8, 4) is 0 Å². The van der Waals surface area contributed by atoms with Gasteiger partial charge < -0.3 is 5.32 Å². The van der Waals surface area contributed by atoms with Gasteiger partial charge in [0.15, 0.2) is 0 Å². The molecule has 21 heavy (non-hydrogen) atoms. The van der Waals surface area contributed by atoms with Crippen LogP contribution in [0.4, 0.5) is 0 Å². The molecule has 2 rings (SSSR count). The molecule has 0 bridgehead atoms. The molecule has 1 aromatic heterocycles. The molecular formula is C17H21BrClNS. The molecular weight excluding hydrogens is 366 g/mol. The second kappa shape index (κ2) is 6.82. The summed E-state index contributed by atoms with van der Waals surface area (Å²) in [6.45, 7) is 9.74. The van der Waals surface area contributed by atoms with Crippen molar-refractivity contribution >= 4 is 38.9 Å². The van der Waals surface area contributed by atoms with E-state index >= 15 is 0 Å². The van der Waals surface area contributed by atoms with Crippen molar-refractivity contribution in [2.24, 2.45) is 0 Å².